The summed E-state index contributed by atoms with van der Waals surface area (Å²) in [5.41, 5.74) is 0.864. The molecule has 0 aromatic heterocycles. The summed E-state index contributed by atoms with van der Waals surface area (Å²) in [7, 11) is 0. The average molecular weight is 364 g/mol. The first-order valence-corrected chi connectivity index (χ1v) is 8.27. The number of carbonyl (C=O) groups excluding carboxylic acids is 2. The van der Waals surface area contributed by atoms with Crippen LogP contribution in [-0.4, -0.2) is 18.4 Å². The molecule has 0 saturated heterocycles. The van der Waals surface area contributed by atoms with Crippen LogP contribution < -0.4 is 15.4 Å². The summed E-state index contributed by atoms with van der Waals surface area (Å²) in [6.07, 6.45) is 0. The van der Waals surface area contributed by atoms with Crippen molar-refractivity contribution in [1.82, 2.24) is 5.32 Å². The molecule has 2 amide bonds. The lowest BCUT2D eigenvalue weighted by Gasteiger charge is -2.09. The monoisotopic (exact) mass is 364 g/mol. The zero-order chi connectivity index (χ0) is 19.1. The van der Waals surface area contributed by atoms with Gasteiger partial charge in [0.1, 0.15) is 17.3 Å². The highest BCUT2D eigenvalue weighted by Crippen LogP contribution is 2.22. The van der Waals surface area contributed by atoms with Gasteiger partial charge in [-0.3, -0.25) is 9.59 Å². The second-order valence-electron chi connectivity index (χ2n) is 5.68. The summed E-state index contributed by atoms with van der Waals surface area (Å²) < 4.78 is 18.5. The number of amides is 2. The van der Waals surface area contributed by atoms with Gasteiger partial charge < -0.3 is 15.4 Å². The molecular weight excluding hydrogens is 347 g/mol. The number of ether oxygens (including phenoxy) is 1. The largest absolute Gasteiger partial charge is 0.457 e. The highest BCUT2D eigenvalue weighted by atomic mass is 19.1. The quantitative estimate of drug-likeness (QED) is 0.695. The molecule has 5 nitrogen and oxygen atoms in total. The average Bonchev–Trinajstić information content (AvgIpc) is 2.69. The van der Waals surface area contributed by atoms with Crippen LogP contribution in [0.5, 0.6) is 11.5 Å². The SMILES string of the molecule is O=C(CNC(=O)c1ccc(F)cc1)Nc1ccc(Oc2ccccc2)cc1. The second kappa shape index (κ2) is 8.62. The molecule has 0 aliphatic carbocycles. The first kappa shape index (κ1) is 18.1. The Morgan fingerprint density at radius 1 is 0.815 bits per heavy atom. The fourth-order valence-electron chi connectivity index (χ4n) is 2.30. The predicted molar refractivity (Wildman–Crippen MR) is 100 cm³/mol. The molecule has 3 aromatic carbocycles. The van der Waals surface area contributed by atoms with Crippen molar-refractivity contribution in [2.45, 2.75) is 0 Å². The molecule has 0 aliphatic heterocycles. The summed E-state index contributed by atoms with van der Waals surface area (Å²) in [6, 6.07) is 21.3. The Hall–Kier alpha value is -3.67. The molecule has 2 N–H and O–H groups in total. The molecule has 0 fully saturated rings. The van der Waals surface area contributed by atoms with Crippen molar-refractivity contribution >= 4 is 17.5 Å². The van der Waals surface area contributed by atoms with Gasteiger partial charge in [0.2, 0.25) is 5.91 Å². The molecule has 6 heteroatoms. The Balaban J connectivity index is 1.49. The lowest BCUT2D eigenvalue weighted by atomic mass is 10.2. The summed E-state index contributed by atoms with van der Waals surface area (Å²) >= 11 is 0. The smallest absolute Gasteiger partial charge is 0.251 e. The fraction of sp³-hybridized carbons (Fsp3) is 0.0476. The van der Waals surface area contributed by atoms with E-state index in [1.807, 2.05) is 30.3 Å². The van der Waals surface area contributed by atoms with Crippen molar-refractivity contribution in [3.8, 4) is 11.5 Å². The second-order valence-corrected chi connectivity index (χ2v) is 5.68. The van der Waals surface area contributed by atoms with Gasteiger partial charge in [0.25, 0.3) is 5.91 Å². The molecule has 0 heterocycles. The number of rotatable bonds is 6. The lowest BCUT2D eigenvalue weighted by molar-refractivity contribution is -0.115. The molecule has 0 aliphatic rings. The van der Waals surface area contributed by atoms with E-state index in [1.165, 1.54) is 24.3 Å². The highest BCUT2D eigenvalue weighted by Gasteiger charge is 2.08. The number of anilines is 1. The first-order valence-electron chi connectivity index (χ1n) is 8.27. The Kier molecular flexibility index (Phi) is 5.79. The van der Waals surface area contributed by atoms with E-state index in [4.69, 9.17) is 4.74 Å². The van der Waals surface area contributed by atoms with E-state index in [0.717, 1.165) is 5.75 Å². The number of nitrogens with one attached hydrogen (secondary N) is 2. The molecule has 0 atom stereocenters. The Morgan fingerprint density at radius 2 is 1.44 bits per heavy atom. The molecule has 0 unspecified atom stereocenters. The van der Waals surface area contributed by atoms with Gasteiger partial charge in [-0.25, -0.2) is 4.39 Å². The zero-order valence-electron chi connectivity index (χ0n) is 14.3. The molecule has 0 radical (unpaired) electrons. The number of halogens is 1. The van der Waals surface area contributed by atoms with E-state index in [2.05, 4.69) is 10.6 Å². The normalized spacial score (nSPS) is 10.1. The number of carbonyl (C=O) groups is 2. The van der Waals surface area contributed by atoms with Crippen LogP contribution in [0.3, 0.4) is 0 Å². The van der Waals surface area contributed by atoms with Gasteiger partial charge in [0, 0.05) is 11.3 Å². The molecule has 27 heavy (non-hydrogen) atoms. The molecule has 0 bridgehead atoms. The van der Waals surface area contributed by atoms with Crippen LogP contribution in [0.4, 0.5) is 10.1 Å². The van der Waals surface area contributed by atoms with Crippen molar-refractivity contribution in [3.63, 3.8) is 0 Å². The highest BCUT2D eigenvalue weighted by molar-refractivity contribution is 5.99. The van der Waals surface area contributed by atoms with Gasteiger partial charge in [-0.2, -0.15) is 0 Å². The topological polar surface area (TPSA) is 67.4 Å². The van der Waals surface area contributed by atoms with Crippen LogP contribution in [0, 0.1) is 5.82 Å². The summed E-state index contributed by atoms with van der Waals surface area (Å²) in [5, 5.41) is 5.16. The van der Waals surface area contributed by atoms with Gasteiger partial charge in [-0.05, 0) is 60.7 Å². The third kappa shape index (κ3) is 5.40. The van der Waals surface area contributed by atoms with Crippen LogP contribution in [0.15, 0.2) is 78.9 Å². The minimum Gasteiger partial charge on any atom is -0.457 e. The molecule has 0 spiro atoms. The minimum absolute atomic E-state index is 0.196. The third-order valence-corrected chi connectivity index (χ3v) is 3.63. The van der Waals surface area contributed by atoms with Gasteiger partial charge in [-0.15, -0.1) is 0 Å². The number of benzene rings is 3. The van der Waals surface area contributed by atoms with Crippen LogP contribution in [0.2, 0.25) is 0 Å². The number of hydrogen-bond acceptors (Lipinski definition) is 3. The molecule has 3 aromatic rings. The van der Waals surface area contributed by atoms with E-state index in [-0.39, 0.29) is 18.0 Å². The van der Waals surface area contributed by atoms with E-state index in [0.29, 0.717) is 11.4 Å². The maximum absolute atomic E-state index is 12.9. The molecular formula is C21H17FN2O3. The van der Waals surface area contributed by atoms with Gasteiger partial charge in [-0.1, -0.05) is 18.2 Å². The summed E-state index contributed by atoms with van der Waals surface area (Å²) in [4.78, 5) is 23.9. The van der Waals surface area contributed by atoms with Gasteiger partial charge >= 0.3 is 0 Å². The predicted octanol–water partition coefficient (Wildman–Crippen LogP) is 3.99. The summed E-state index contributed by atoms with van der Waals surface area (Å²) in [5.74, 6) is 0.115. The maximum Gasteiger partial charge on any atom is 0.251 e. The van der Waals surface area contributed by atoms with Crippen molar-refractivity contribution < 1.29 is 18.7 Å². The number of hydrogen-bond donors (Lipinski definition) is 2. The first-order chi connectivity index (χ1) is 13.1. The minimum atomic E-state index is -0.447. The van der Waals surface area contributed by atoms with Crippen LogP contribution in [-0.2, 0) is 4.79 Å². The van der Waals surface area contributed by atoms with Crippen molar-refractivity contribution in [2.75, 3.05) is 11.9 Å². The lowest BCUT2D eigenvalue weighted by Crippen LogP contribution is -2.32. The zero-order valence-corrected chi connectivity index (χ0v) is 14.3. The Morgan fingerprint density at radius 3 is 2.11 bits per heavy atom. The Labute approximate surface area is 155 Å². The molecule has 3 rings (SSSR count). The van der Waals surface area contributed by atoms with Gasteiger partial charge in [0.15, 0.2) is 0 Å². The third-order valence-electron chi connectivity index (χ3n) is 3.63. The fourth-order valence-corrected chi connectivity index (χ4v) is 2.30. The van der Waals surface area contributed by atoms with E-state index >= 15 is 0 Å². The van der Waals surface area contributed by atoms with Crippen molar-refractivity contribution in [2.24, 2.45) is 0 Å². The number of para-hydroxylation sites is 1. The van der Waals surface area contributed by atoms with Gasteiger partial charge in [0.05, 0.1) is 6.54 Å². The maximum atomic E-state index is 12.9. The standard InChI is InChI=1S/C21H17FN2O3/c22-16-8-6-15(7-9-16)21(26)23-14-20(25)24-17-10-12-19(13-11-17)27-18-4-2-1-3-5-18/h1-13H,14H2,(H,23,26)(H,24,25). The van der Waals surface area contributed by atoms with Crippen LogP contribution in [0.25, 0.3) is 0 Å². The van der Waals surface area contributed by atoms with Crippen LogP contribution >= 0.6 is 0 Å². The van der Waals surface area contributed by atoms with Crippen molar-refractivity contribution in [1.29, 1.82) is 0 Å². The van der Waals surface area contributed by atoms with Crippen molar-refractivity contribution in [3.05, 3.63) is 90.2 Å². The van der Waals surface area contributed by atoms with Crippen LogP contribution in [0.1, 0.15) is 10.4 Å². The van der Waals surface area contributed by atoms with E-state index in [1.54, 1.807) is 24.3 Å². The molecule has 136 valence electrons. The Bertz CT molecular complexity index is 910. The van der Waals surface area contributed by atoms with E-state index < -0.39 is 11.7 Å². The summed E-state index contributed by atoms with van der Waals surface area (Å²) in [6.45, 7) is -0.196. The van der Waals surface area contributed by atoms with E-state index in [9.17, 15) is 14.0 Å². The molecule has 0 saturated carbocycles.